The van der Waals surface area contributed by atoms with Gasteiger partial charge in [0.1, 0.15) is 23.9 Å². The molecule has 3 rings (SSSR count). The van der Waals surface area contributed by atoms with Gasteiger partial charge < -0.3 is 10.1 Å². The minimum absolute atomic E-state index is 0.0310. The molecule has 0 saturated heterocycles. The fourth-order valence-corrected chi connectivity index (χ4v) is 3.10. The molecule has 0 saturated carbocycles. The van der Waals surface area contributed by atoms with Crippen molar-refractivity contribution in [1.29, 1.82) is 5.26 Å². The maximum atomic E-state index is 12.3. The van der Waals surface area contributed by atoms with E-state index in [4.69, 9.17) is 4.74 Å². The standard InChI is InChI=1S/C24H21N3O5/c1-2-3-12-26-22(29)17(14-25)13-16-8-10-18(11-9-16)32-21(28)15-27-23(30)19-6-4-5-7-20(19)24(27)31/h4-11,13H,2-3,12,15H2,1H3,(H,26,29)/b17-13+. The monoisotopic (exact) mass is 431 g/mol. The minimum Gasteiger partial charge on any atom is -0.425 e. The van der Waals surface area contributed by atoms with Gasteiger partial charge in [0.2, 0.25) is 0 Å². The predicted molar refractivity (Wildman–Crippen MR) is 115 cm³/mol. The highest BCUT2D eigenvalue weighted by molar-refractivity contribution is 6.22. The summed E-state index contributed by atoms with van der Waals surface area (Å²) in [7, 11) is 0. The van der Waals surface area contributed by atoms with Crippen LogP contribution in [0.4, 0.5) is 0 Å². The molecule has 1 aliphatic rings. The summed E-state index contributed by atoms with van der Waals surface area (Å²) < 4.78 is 5.22. The quantitative estimate of drug-likeness (QED) is 0.172. The van der Waals surface area contributed by atoms with Gasteiger partial charge in [0, 0.05) is 6.54 Å². The average molecular weight is 431 g/mol. The normalized spacial score (nSPS) is 12.9. The molecule has 1 aliphatic heterocycles. The summed E-state index contributed by atoms with van der Waals surface area (Å²) in [6, 6.07) is 14.4. The molecule has 8 heteroatoms. The van der Waals surface area contributed by atoms with Gasteiger partial charge in [0.25, 0.3) is 17.7 Å². The second kappa shape index (κ2) is 10.2. The van der Waals surface area contributed by atoms with E-state index in [9.17, 15) is 24.4 Å². The number of benzene rings is 2. The van der Waals surface area contributed by atoms with Crippen LogP contribution in [0.25, 0.3) is 6.08 Å². The molecule has 0 atom stereocenters. The fourth-order valence-electron chi connectivity index (χ4n) is 3.10. The molecule has 2 aromatic carbocycles. The smallest absolute Gasteiger partial charge is 0.331 e. The van der Waals surface area contributed by atoms with E-state index in [-0.39, 0.29) is 22.4 Å². The molecule has 0 bridgehead atoms. The Morgan fingerprint density at radius 1 is 1.06 bits per heavy atom. The van der Waals surface area contributed by atoms with Gasteiger partial charge >= 0.3 is 5.97 Å². The van der Waals surface area contributed by atoms with Crippen molar-refractivity contribution in [3.05, 3.63) is 70.8 Å². The Balaban J connectivity index is 1.60. The maximum absolute atomic E-state index is 12.3. The Morgan fingerprint density at radius 2 is 1.69 bits per heavy atom. The zero-order chi connectivity index (χ0) is 23.1. The van der Waals surface area contributed by atoms with Crippen molar-refractivity contribution in [1.82, 2.24) is 10.2 Å². The summed E-state index contributed by atoms with van der Waals surface area (Å²) in [5.41, 5.74) is 1.06. The first-order valence-electron chi connectivity index (χ1n) is 10.1. The Bertz CT molecular complexity index is 1090. The highest BCUT2D eigenvalue weighted by Crippen LogP contribution is 2.22. The number of fused-ring (bicyclic) bond motifs is 1. The van der Waals surface area contributed by atoms with E-state index in [0.29, 0.717) is 12.1 Å². The largest absolute Gasteiger partial charge is 0.425 e. The lowest BCUT2D eigenvalue weighted by molar-refractivity contribution is -0.134. The Kier molecular flexibility index (Phi) is 7.13. The first-order chi connectivity index (χ1) is 15.4. The molecule has 0 radical (unpaired) electrons. The number of hydrogen-bond acceptors (Lipinski definition) is 6. The number of carbonyl (C=O) groups is 4. The summed E-state index contributed by atoms with van der Waals surface area (Å²) >= 11 is 0. The third kappa shape index (κ3) is 5.08. The van der Waals surface area contributed by atoms with E-state index in [0.717, 1.165) is 17.7 Å². The second-order valence-corrected chi connectivity index (χ2v) is 7.06. The van der Waals surface area contributed by atoms with Crippen LogP contribution in [0.2, 0.25) is 0 Å². The number of imide groups is 1. The molecular formula is C24H21N3O5. The highest BCUT2D eigenvalue weighted by Gasteiger charge is 2.36. The zero-order valence-electron chi connectivity index (χ0n) is 17.5. The SMILES string of the molecule is CCCCNC(=O)/C(C#N)=C/c1ccc(OC(=O)CN2C(=O)c3ccccc3C2=O)cc1. The summed E-state index contributed by atoms with van der Waals surface area (Å²) in [4.78, 5) is 49.8. The van der Waals surface area contributed by atoms with Crippen LogP contribution in [0.5, 0.6) is 5.75 Å². The lowest BCUT2D eigenvalue weighted by atomic mass is 10.1. The van der Waals surface area contributed by atoms with E-state index in [1.165, 1.54) is 30.3 Å². The fraction of sp³-hybridized carbons (Fsp3) is 0.208. The van der Waals surface area contributed by atoms with Crippen LogP contribution in [0, 0.1) is 11.3 Å². The predicted octanol–water partition coefficient (Wildman–Crippen LogP) is 2.71. The van der Waals surface area contributed by atoms with Gasteiger partial charge in [-0.3, -0.25) is 19.3 Å². The molecule has 162 valence electrons. The van der Waals surface area contributed by atoms with Crippen molar-refractivity contribution in [2.45, 2.75) is 19.8 Å². The van der Waals surface area contributed by atoms with Crippen LogP contribution in [-0.2, 0) is 9.59 Å². The van der Waals surface area contributed by atoms with E-state index in [1.807, 2.05) is 13.0 Å². The molecule has 2 aromatic rings. The molecule has 32 heavy (non-hydrogen) atoms. The number of nitrogens with one attached hydrogen (secondary N) is 1. The number of hydrogen-bond donors (Lipinski definition) is 1. The number of ether oxygens (including phenoxy) is 1. The van der Waals surface area contributed by atoms with Crippen molar-refractivity contribution in [2.75, 3.05) is 13.1 Å². The number of nitrogens with zero attached hydrogens (tertiary/aromatic N) is 2. The van der Waals surface area contributed by atoms with Crippen LogP contribution in [0.1, 0.15) is 46.0 Å². The van der Waals surface area contributed by atoms with Crippen molar-refractivity contribution in [3.63, 3.8) is 0 Å². The van der Waals surface area contributed by atoms with Gasteiger partial charge in [-0.25, -0.2) is 4.79 Å². The molecule has 0 spiro atoms. The zero-order valence-corrected chi connectivity index (χ0v) is 17.5. The van der Waals surface area contributed by atoms with Gasteiger partial charge in [0.05, 0.1) is 11.1 Å². The minimum atomic E-state index is -0.768. The molecular weight excluding hydrogens is 410 g/mol. The number of amides is 3. The molecule has 0 unspecified atom stereocenters. The van der Waals surface area contributed by atoms with Gasteiger partial charge in [-0.1, -0.05) is 37.6 Å². The maximum Gasteiger partial charge on any atom is 0.331 e. The lowest BCUT2D eigenvalue weighted by Gasteiger charge is -2.13. The molecule has 0 fully saturated rings. The summed E-state index contributed by atoms with van der Waals surface area (Å²) in [5, 5.41) is 11.9. The number of rotatable bonds is 8. The van der Waals surface area contributed by atoms with Gasteiger partial charge in [-0.2, -0.15) is 5.26 Å². The Morgan fingerprint density at radius 3 is 2.25 bits per heavy atom. The van der Waals surface area contributed by atoms with Crippen molar-refractivity contribution < 1.29 is 23.9 Å². The third-order valence-electron chi connectivity index (χ3n) is 4.77. The number of esters is 1. The van der Waals surface area contributed by atoms with E-state index >= 15 is 0 Å². The van der Waals surface area contributed by atoms with Gasteiger partial charge in [0.15, 0.2) is 0 Å². The van der Waals surface area contributed by atoms with E-state index in [2.05, 4.69) is 5.32 Å². The van der Waals surface area contributed by atoms with Crippen molar-refractivity contribution in [3.8, 4) is 11.8 Å². The molecule has 1 heterocycles. The molecule has 8 nitrogen and oxygen atoms in total. The number of unbranched alkanes of at least 4 members (excludes halogenated alkanes) is 1. The molecule has 0 aromatic heterocycles. The number of carbonyl (C=O) groups excluding carboxylic acids is 4. The number of nitriles is 1. The van der Waals surface area contributed by atoms with Gasteiger partial charge in [-0.05, 0) is 42.3 Å². The van der Waals surface area contributed by atoms with E-state index < -0.39 is 30.2 Å². The Hall–Kier alpha value is -4.25. The van der Waals surface area contributed by atoms with Crippen LogP contribution >= 0.6 is 0 Å². The van der Waals surface area contributed by atoms with Crippen LogP contribution in [0.15, 0.2) is 54.1 Å². The lowest BCUT2D eigenvalue weighted by Crippen LogP contribution is -2.36. The van der Waals surface area contributed by atoms with Gasteiger partial charge in [-0.15, -0.1) is 0 Å². The second-order valence-electron chi connectivity index (χ2n) is 7.06. The third-order valence-corrected chi connectivity index (χ3v) is 4.77. The van der Waals surface area contributed by atoms with E-state index in [1.54, 1.807) is 24.3 Å². The molecule has 0 aliphatic carbocycles. The molecule has 3 amide bonds. The summed E-state index contributed by atoms with van der Waals surface area (Å²) in [6.45, 7) is 1.99. The first kappa shape index (κ1) is 22.4. The van der Waals surface area contributed by atoms with Crippen molar-refractivity contribution >= 4 is 29.8 Å². The summed E-state index contributed by atoms with van der Waals surface area (Å²) in [5.74, 6) is -2.09. The van der Waals surface area contributed by atoms with Crippen molar-refractivity contribution in [2.24, 2.45) is 0 Å². The highest BCUT2D eigenvalue weighted by atomic mass is 16.5. The Labute approximate surface area is 185 Å². The molecule has 1 N–H and O–H groups in total. The summed E-state index contributed by atoms with van der Waals surface area (Å²) in [6.07, 6.45) is 3.19. The van der Waals surface area contributed by atoms with Crippen LogP contribution in [-0.4, -0.2) is 41.7 Å². The topological polar surface area (TPSA) is 117 Å². The van der Waals surface area contributed by atoms with Crippen LogP contribution < -0.4 is 10.1 Å². The first-order valence-corrected chi connectivity index (χ1v) is 10.1. The average Bonchev–Trinajstić information content (AvgIpc) is 3.03. The van der Waals surface area contributed by atoms with Crippen LogP contribution in [0.3, 0.4) is 0 Å².